The number of aromatic nitrogens is 4. The summed E-state index contributed by atoms with van der Waals surface area (Å²) in [4.78, 5) is 48.8. The van der Waals surface area contributed by atoms with Gasteiger partial charge in [-0.3, -0.25) is 9.88 Å². The molecule has 1 unspecified atom stereocenters. The quantitative estimate of drug-likeness (QED) is 0.132. The van der Waals surface area contributed by atoms with Crippen LogP contribution in [-0.4, -0.2) is 88.9 Å². The van der Waals surface area contributed by atoms with Crippen molar-refractivity contribution in [3.63, 3.8) is 0 Å². The van der Waals surface area contributed by atoms with Crippen molar-refractivity contribution in [3.8, 4) is 0 Å². The molecule has 0 bridgehead atoms. The number of alkyl carbamates (subject to hydrolysis) is 1. The van der Waals surface area contributed by atoms with Gasteiger partial charge in [0.15, 0.2) is 23.2 Å². The topological polar surface area (TPSA) is 207 Å². The van der Waals surface area contributed by atoms with Crippen LogP contribution in [0.1, 0.15) is 23.8 Å². The third-order valence-electron chi connectivity index (χ3n) is 7.04. The number of carbonyl (C=O) groups is 3. The van der Waals surface area contributed by atoms with E-state index in [2.05, 4.69) is 25.6 Å². The zero-order valence-corrected chi connectivity index (χ0v) is 25.2. The molecule has 0 aliphatic carbocycles. The molecule has 2 aromatic heterocycles. The summed E-state index contributed by atoms with van der Waals surface area (Å²) >= 11 is 1.29. The minimum absolute atomic E-state index is 0.00547. The molecule has 0 radical (unpaired) electrons. The van der Waals surface area contributed by atoms with E-state index >= 15 is 0 Å². The molecule has 1 aliphatic heterocycles. The molecule has 46 heavy (non-hydrogen) atoms. The van der Waals surface area contributed by atoms with E-state index < -0.39 is 48.7 Å². The average molecular weight is 653 g/mol. The van der Waals surface area contributed by atoms with Crippen LogP contribution in [0.25, 0.3) is 11.2 Å². The summed E-state index contributed by atoms with van der Waals surface area (Å²) in [7, 11) is 0. The van der Waals surface area contributed by atoms with E-state index in [-0.39, 0.29) is 42.4 Å². The summed E-state index contributed by atoms with van der Waals surface area (Å²) in [6, 6.07) is 17.0. The number of benzene rings is 2. The number of hydrogen-bond donors (Lipinski definition) is 5. The number of anilines is 1. The van der Waals surface area contributed by atoms with Crippen LogP contribution in [0.4, 0.5) is 15.4 Å². The first-order valence-electron chi connectivity index (χ1n) is 14.2. The zero-order valence-electron chi connectivity index (χ0n) is 24.3. The Bertz CT molecular complexity index is 1630. The highest BCUT2D eigenvalue weighted by atomic mass is 32.2. The number of aliphatic hydroxyl groups excluding tert-OH is 2. The molecule has 2 amide bonds. The van der Waals surface area contributed by atoms with Gasteiger partial charge in [0.1, 0.15) is 37.8 Å². The van der Waals surface area contributed by atoms with Crippen LogP contribution in [0.2, 0.25) is 0 Å². The maximum atomic E-state index is 12.4. The maximum absolute atomic E-state index is 12.4. The van der Waals surface area contributed by atoms with Crippen molar-refractivity contribution in [3.05, 3.63) is 84.4 Å². The van der Waals surface area contributed by atoms with Crippen molar-refractivity contribution in [2.75, 3.05) is 16.8 Å². The molecule has 4 aromatic rings. The smallest absolute Gasteiger partial charge is 0.413 e. The van der Waals surface area contributed by atoms with Crippen LogP contribution in [0, 0.1) is 0 Å². The standard InChI is InChI=1S/C30H32N6O9S/c37-23-21(15-46-12-11-20(28(39)40)34-29(41)43-13-18-7-3-1-4-8-18)45-27(24(23)38)36-17-33-22-25(31-16-32-26(22)36)35-30(42)44-14-19-9-5-2-6-10-19/h1-10,16-17,20-21,23-24,27,37-38H,11-15H2,(H,34,41)(H,39,40)(H,31,32,35,42)/t20?,21-,23-,24-,27-/m1/s1. The summed E-state index contributed by atoms with van der Waals surface area (Å²) in [6.45, 7) is 0.0645. The van der Waals surface area contributed by atoms with Crippen LogP contribution >= 0.6 is 11.8 Å². The van der Waals surface area contributed by atoms with E-state index in [1.54, 1.807) is 24.3 Å². The van der Waals surface area contributed by atoms with E-state index in [1.165, 1.54) is 29.0 Å². The number of carbonyl (C=O) groups excluding carboxylic acids is 2. The third-order valence-corrected chi connectivity index (χ3v) is 8.13. The number of nitrogens with one attached hydrogen (secondary N) is 2. The van der Waals surface area contributed by atoms with Gasteiger partial charge in [-0.15, -0.1) is 0 Å². The van der Waals surface area contributed by atoms with Gasteiger partial charge in [0.25, 0.3) is 0 Å². The van der Waals surface area contributed by atoms with E-state index in [4.69, 9.17) is 14.2 Å². The third kappa shape index (κ3) is 8.28. The van der Waals surface area contributed by atoms with Crippen molar-refractivity contribution >= 4 is 46.9 Å². The monoisotopic (exact) mass is 652 g/mol. The van der Waals surface area contributed by atoms with Crippen molar-refractivity contribution in [2.45, 2.75) is 50.2 Å². The molecule has 1 saturated heterocycles. The number of fused-ring (bicyclic) bond motifs is 1. The Balaban J connectivity index is 1.12. The van der Waals surface area contributed by atoms with Crippen molar-refractivity contribution in [2.24, 2.45) is 0 Å². The van der Waals surface area contributed by atoms with Gasteiger partial charge in [0.05, 0.1) is 12.4 Å². The summed E-state index contributed by atoms with van der Waals surface area (Å²) in [5, 5.41) is 35.9. The second-order valence-electron chi connectivity index (χ2n) is 10.2. The molecule has 2 aromatic carbocycles. The molecule has 3 heterocycles. The number of carboxylic acids is 1. The van der Waals surface area contributed by atoms with E-state index in [0.717, 1.165) is 11.1 Å². The molecule has 5 atom stereocenters. The van der Waals surface area contributed by atoms with E-state index in [1.807, 2.05) is 36.4 Å². The van der Waals surface area contributed by atoms with Gasteiger partial charge in [-0.25, -0.2) is 29.3 Å². The number of amides is 2. The Kier molecular flexibility index (Phi) is 11.0. The first-order chi connectivity index (χ1) is 22.3. The Morgan fingerprint density at radius 2 is 1.57 bits per heavy atom. The lowest BCUT2D eigenvalue weighted by Gasteiger charge is -2.17. The molecule has 5 rings (SSSR count). The van der Waals surface area contributed by atoms with Gasteiger partial charge in [0.2, 0.25) is 0 Å². The first kappa shape index (κ1) is 32.6. The lowest BCUT2D eigenvalue weighted by atomic mass is 10.1. The lowest BCUT2D eigenvalue weighted by Crippen LogP contribution is -2.41. The van der Waals surface area contributed by atoms with Crippen LogP contribution < -0.4 is 10.6 Å². The predicted octanol–water partition coefficient (Wildman–Crippen LogP) is 2.70. The molecule has 1 fully saturated rings. The number of rotatable bonds is 13. The normalized spacial score (nSPS) is 19.8. The Hall–Kier alpha value is -4.77. The Morgan fingerprint density at radius 3 is 2.22 bits per heavy atom. The number of thioether (sulfide) groups is 1. The highest BCUT2D eigenvalue weighted by molar-refractivity contribution is 7.99. The van der Waals surface area contributed by atoms with E-state index in [0.29, 0.717) is 5.75 Å². The zero-order chi connectivity index (χ0) is 32.5. The van der Waals surface area contributed by atoms with Gasteiger partial charge >= 0.3 is 18.2 Å². The second-order valence-corrected chi connectivity index (χ2v) is 11.4. The number of carboxylic acid groups (broad SMARTS) is 1. The molecular formula is C30H32N6O9S. The number of hydrogen-bond acceptors (Lipinski definition) is 12. The molecule has 242 valence electrons. The number of imidazole rings is 1. The van der Waals surface area contributed by atoms with Gasteiger partial charge in [-0.05, 0) is 23.3 Å². The van der Waals surface area contributed by atoms with Gasteiger partial charge in [-0.1, -0.05) is 60.7 Å². The molecule has 0 spiro atoms. The van der Waals surface area contributed by atoms with Crippen molar-refractivity contribution in [1.29, 1.82) is 0 Å². The number of aliphatic carboxylic acids is 1. The molecule has 16 heteroatoms. The summed E-state index contributed by atoms with van der Waals surface area (Å²) in [5.74, 6) is -0.592. The minimum Gasteiger partial charge on any atom is -0.480 e. The summed E-state index contributed by atoms with van der Waals surface area (Å²) in [5.41, 5.74) is 2.04. The highest BCUT2D eigenvalue weighted by Crippen LogP contribution is 2.33. The molecule has 1 aliphatic rings. The number of aliphatic hydroxyl groups is 2. The average Bonchev–Trinajstić information content (AvgIpc) is 3.62. The van der Waals surface area contributed by atoms with Crippen molar-refractivity contribution < 1.29 is 43.9 Å². The fourth-order valence-electron chi connectivity index (χ4n) is 4.65. The largest absolute Gasteiger partial charge is 0.480 e. The van der Waals surface area contributed by atoms with Crippen LogP contribution in [0.3, 0.4) is 0 Å². The van der Waals surface area contributed by atoms with Crippen LogP contribution in [0.5, 0.6) is 0 Å². The Morgan fingerprint density at radius 1 is 0.913 bits per heavy atom. The van der Waals surface area contributed by atoms with Gasteiger partial charge < -0.3 is 34.8 Å². The Labute approximate surface area is 266 Å². The number of nitrogens with zero attached hydrogens (tertiary/aromatic N) is 4. The summed E-state index contributed by atoms with van der Waals surface area (Å²) in [6.07, 6.45) is -3.39. The first-order valence-corrected chi connectivity index (χ1v) is 15.4. The van der Waals surface area contributed by atoms with Crippen LogP contribution in [0.15, 0.2) is 73.3 Å². The van der Waals surface area contributed by atoms with E-state index in [9.17, 15) is 29.7 Å². The fourth-order valence-corrected chi connectivity index (χ4v) is 5.72. The van der Waals surface area contributed by atoms with Crippen molar-refractivity contribution in [1.82, 2.24) is 24.8 Å². The maximum Gasteiger partial charge on any atom is 0.413 e. The second kappa shape index (κ2) is 15.5. The van der Waals surface area contributed by atoms with Crippen LogP contribution in [-0.2, 0) is 32.2 Å². The van der Waals surface area contributed by atoms with Gasteiger partial charge in [-0.2, -0.15) is 11.8 Å². The molecular weight excluding hydrogens is 620 g/mol. The molecule has 15 nitrogen and oxygen atoms in total. The van der Waals surface area contributed by atoms with Gasteiger partial charge in [0, 0.05) is 5.75 Å². The molecule has 0 saturated carbocycles. The summed E-state index contributed by atoms with van der Waals surface area (Å²) < 4.78 is 17.8. The molecule has 5 N–H and O–H groups in total. The SMILES string of the molecule is O=C(Nc1ncnc2c1ncn2[C@@H]1O[C@H](CSCCC(NC(=O)OCc2ccccc2)C(=O)O)[C@@H](O)[C@H]1O)OCc1ccccc1. The highest BCUT2D eigenvalue weighted by Gasteiger charge is 2.44. The number of ether oxygens (including phenoxy) is 3. The minimum atomic E-state index is -1.34. The predicted molar refractivity (Wildman–Crippen MR) is 165 cm³/mol. The lowest BCUT2D eigenvalue weighted by molar-refractivity contribution is -0.139. The fraction of sp³-hybridized carbons (Fsp3) is 0.333.